The van der Waals surface area contributed by atoms with Crippen molar-refractivity contribution in [2.75, 3.05) is 30.3 Å². The summed E-state index contributed by atoms with van der Waals surface area (Å²) in [5.41, 5.74) is 2.48. The minimum atomic E-state index is -3.94. The standard InChI is InChI=1S/C25H27ClN2O4S2/c1-19-3-13-24(14-4-19)34(30,31)28(22-9-11-23(32-2)12-10-22)17-25(29)27-15-16-33-18-20-5-7-21(26)8-6-20/h3-14H,15-18H2,1-2H3,(H,27,29). The predicted molar refractivity (Wildman–Crippen MR) is 139 cm³/mol. The first-order chi connectivity index (χ1) is 16.3. The number of rotatable bonds is 11. The first kappa shape index (κ1) is 25.9. The molecule has 0 unspecified atom stereocenters. The second-order valence-corrected chi connectivity index (χ2v) is 11.0. The van der Waals surface area contributed by atoms with Crippen molar-refractivity contribution in [2.24, 2.45) is 0 Å². The minimum absolute atomic E-state index is 0.125. The van der Waals surface area contributed by atoms with E-state index < -0.39 is 10.0 Å². The Kier molecular flexibility index (Phi) is 9.27. The number of thioether (sulfide) groups is 1. The molecule has 0 aliphatic carbocycles. The molecule has 1 N–H and O–H groups in total. The van der Waals surface area contributed by atoms with Crippen molar-refractivity contribution in [1.82, 2.24) is 5.32 Å². The van der Waals surface area contributed by atoms with Gasteiger partial charge in [-0.05, 0) is 61.0 Å². The quantitative estimate of drug-likeness (QED) is 0.365. The molecule has 0 atom stereocenters. The summed E-state index contributed by atoms with van der Waals surface area (Å²) in [5.74, 6) is 1.71. The Balaban J connectivity index is 1.65. The van der Waals surface area contributed by atoms with Gasteiger partial charge in [-0.15, -0.1) is 0 Å². The van der Waals surface area contributed by atoms with Crippen LogP contribution >= 0.6 is 23.4 Å². The van der Waals surface area contributed by atoms with Gasteiger partial charge in [0.25, 0.3) is 10.0 Å². The third-order valence-electron chi connectivity index (χ3n) is 5.01. The topological polar surface area (TPSA) is 75.7 Å². The average Bonchev–Trinajstić information content (AvgIpc) is 2.84. The van der Waals surface area contributed by atoms with Crippen molar-refractivity contribution in [1.29, 1.82) is 0 Å². The van der Waals surface area contributed by atoms with Gasteiger partial charge in [-0.25, -0.2) is 8.42 Å². The summed E-state index contributed by atoms with van der Waals surface area (Å²) in [5, 5.41) is 3.52. The Morgan fingerprint density at radius 1 is 1.00 bits per heavy atom. The molecule has 0 aliphatic rings. The maximum atomic E-state index is 13.4. The van der Waals surface area contributed by atoms with E-state index >= 15 is 0 Å². The molecule has 0 heterocycles. The van der Waals surface area contributed by atoms with E-state index in [1.165, 1.54) is 7.11 Å². The van der Waals surface area contributed by atoms with Crippen molar-refractivity contribution in [3.63, 3.8) is 0 Å². The predicted octanol–water partition coefficient (Wildman–Crippen LogP) is 4.90. The fourth-order valence-electron chi connectivity index (χ4n) is 3.12. The summed E-state index contributed by atoms with van der Waals surface area (Å²) in [6.45, 7) is 1.98. The highest BCUT2D eigenvalue weighted by molar-refractivity contribution is 7.98. The van der Waals surface area contributed by atoms with E-state index in [9.17, 15) is 13.2 Å². The van der Waals surface area contributed by atoms with E-state index in [0.717, 1.165) is 21.2 Å². The smallest absolute Gasteiger partial charge is 0.264 e. The number of nitrogens with one attached hydrogen (secondary N) is 1. The minimum Gasteiger partial charge on any atom is -0.497 e. The maximum Gasteiger partial charge on any atom is 0.264 e. The zero-order valence-corrected chi connectivity index (χ0v) is 21.4. The van der Waals surface area contributed by atoms with Crippen molar-refractivity contribution in [3.05, 3.63) is 88.9 Å². The molecule has 3 aromatic carbocycles. The number of ether oxygens (including phenoxy) is 1. The molecule has 180 valence electrons. The summed E-state index contributed by atoms with van der Waals surface area (Å²) in [6, 6.07) is 20.8. The van der Waals surface area contributed by atoms with Crippen LogP contribution in [-0.2, 0) is 20.6 Å². The Hall–Kier alpha value is -2.68. The molecule has 0 radical (unpaired) electrons. The van der Waals surface area contributed by atoms with Crippen LogP contribution in [0.5, 0.6) is 5.75 Å². The van der Waals surface area contributed by atoms with Gasteiger partial charge in [0.15, 0.2) is 0 Å². The summed E-state index contributed by atoms with van der Waals surface area (Å²) in [4.78, 5) is 12.8. The molecule has 0 saturated heterocycles. The van der Waals surface area contributed by atoms with E-state index in [4.69, 9.17) is 16.3 Å². The first-order valence-corrected chi connectivity index (χ1v) is 13.6. The lowest BCUT2D eigenvalue weighted by molar-refractivity contribution is -0.119. The molecule has 0 bridgehead atoms. The van der Waals surface area contributed by atoms with Crippen LogP contribution in [-0.4, -0.2) is 40.3 Å². The van der Waals surface area contributed by atoms with Crippen molar-refractivity contribution in [2.45, 2.75) is 17.6 Å². The molecule has 1 amide bonds. The lowest BCUT2D eigenvalue weighted by Crippen LogP contribution is -2.41. The fraction of sp³-hybridized carbons (Fsp3) is 0.240. The fourth-order valence-corrected chi connectivity index (χ4v) is 5.49. The highest BCUT2D eigenvalue weighted by Gasteiger charge is 2.27. The number of hydrogen-bond acceptors (Lipinski definition) is 5. The monoisotopic (exact) mass is 518 g/mol. The second kappa shape index (κ2) is 12.1. The number of carbonyl (C=O) groups excluding carboxylic acids is 1. The Morgan fingerprint density at radius 3 is 2.26 bits per heavy atom. The zero-order chi connectivity index (χ0) is 24.6. The number of hydrogen-bond donors (Lipinski definition) is 1. The van der Waals surface area contributed by atoms with Gasteiger partial charge < -0.3 is 10.1 Å². The molecule has 3 rings (SSSR count). The number of methoxy groups -OCH3 is 1. The van der Waals surface area contributed by atoms with E-state index in [0.29, 0.717) is 28.8 Å². The van der Waals surface area contributed by atoms with E-state index in [1.54, 1.807) is 60.3 Å². The van der Waals surface area contributed by atoms with Gasteiger partial charge >= 0.3 is 0 Å². The molecule has 0 spiro atoms. The number of halogens is 1. The normalized spacial score (nSPS) is 11.1. The van der Waals surface area contributed by atoms with Crippen LogP contribution in [0.1, 0.15) is 11.1 Å². The number of amides is 1. The molecule has 0 aliphatic heterocycles. The lowest BCUT2D eigenvalue weighted by atomic mass is 10.2. The number of aryl methyl sites for hydroxylation is 1. The highest BCUT2D eigenvalue weighted by atomic mass is 35.5. The second-order valence-electron chi connectivity index (χ2n) is 7.55. The molecule has 6 nitrogen and oxygen atoms in total. The van der Waals surface area contributed by atoms with Crippen LogP contribution in [0.2, 0.25) is 5.02 Å². The Morgan fingerprint density at radius 2 is 1.65 bits per heavy atom. The summed E-state index contributed by atoms with van der Waals surface area (Å²) < 4.78 is 33.1. The largest absolute Gasteiger partial charge is 0.497 e. The molecule has 0 saturated carbocycles. The summed E-state index contributed by atoms with van der Waals surface area (Å²) in [6.07, 6.45) is 0. The van der Waals surface area contributed by atoms with Crippen LogP contribution in [0.3, 0.4) is 0 Å². The van der Waals surface area contributed by atoms with Crippen molar-refractivity contribution in [3.8, 4) is 5.75 Å². The summed E-state index contributed by atoms with van der Waals surface area (Å²) >= 11 is 7.58. The van der Waals surface area contributed by atoms with Gasteiger partial charge in [-0.2, -0.15) is 11.8 Å². The van der Waals surface area contributed by atoms with Crippen molar-refractivity contribution < 1.29 is 17.9 Å². The number of benzene rings is 3. The van der Waals surface area contributed by atoms with Crippen molar-refractivity contribution >= 4 is 45.0 Å². The number of nitrogens with zero attached hydrogens (tertiary/aromatic N) is 1. The van der Waals surface area contributed by atoms with Gasteiger partial charge in [0.05, 0.1) is 17.7 Å². The first-order valence-electron chi connectivity index (χ1n) is 10.6. The van der Waals surface area contributed by atoms with Crippen LogP contribution in [0, 0.1) is 6.92 Å². The molecular formula is C25H27ClN2O4S2. The van der Waals surface area contributed by atoms with Crippen LogP contribution in [0.15, 0.2) is 77.7 Å². The Labute approximate surface area is 210 Å². The van der Waals surface area contributed by atoms with Gasteiger partial charge in [0, 0.05) is 23.1 Å². The van der Waals surface area contributed by atoms with Gasteiger partial charge in [-0.3, -0.25) is 9.10 Å². The van der Waals surface area contributed by atoms with Gasteiger partial charge in [0.2, 0.25) is 5.91 Å². The highest BCUT2D eigenvalue weighted by Crippen LogP contribution is 2.26. The van der Waals surface area contributed by atoms with Crippen LogP contribution in [0.4, 0.5) is 5.69 Å². The van der Waals surface area contributed by atoms with Crippen LogP contribution < -0.4 is 14.4 Å². The lowest BCUT2D eigenvalue weighted by Gasteiger charge is -2.24. The SMILES string of the molecule is COc1ccc(N(CC(=O)NCCSCc2ccc(Cl)cc2)S(=O)(=O)c2ccc(C)cc2)cc1. The maximum absolute atomic E-state index is 13.4. The zero-order valence-electron chi connectivity index (χ0n) is 19.0. The van der Waals surface area contributed by atoms with Crippen LogP contribution in [0.25, 0.3) is 0 Å². The van der Waals surface area contributed by atoms with Gasteiger partial charge in [0.1, 0.15) is 12.3 Å². The summed E-state index contributed by atoms with van der Waals surface area (Å²) in [7, 11) is -2.41. The number of anilines is 1. The molecule has 3 aromatic rings. The van der Waals surface area contributed by atoms with E-state index in [2.05, 4.69) is 5.32 Å². The Bertz CT molecular complexity index is 1180. The average molecular weight is 519 g/mol. The third-order valence-corrected chi connectivity index (χ3v) is 8.08. The van der Waals surface area contributed by atoms with Gasteiger partial charge in [-0.1, -0.05) is 41.4 Å². The number of sulfonamides is 1. The molecular weight excluding hydrogens is 492 g/mol. The molecule has 34 heavy (non-hydrogen) atoms. The van der Waals surface area contributed by atoms with E-state index in [-0.39, 0.29) is 17.3 Å². The number of carbonyl (C=O) groups is 1. The third kappa shape index (κ3) is 7.16. The molecule has 0 fully saturated rings. The van der Waals surface area contributed by atoms with E-state index in [1.807, 2.05) is 31.2 Å². The molecule has 9 heteroatoms. The molecule has 0 aromatic heterocycles.